The molecule has 0 fully saturated rings. The average Bonchev–Trinajstić information content (AvgIpc) is 3.03. The number of para-hydroxylation sites is 1. The maximum atomic E-state index is 12.0. The van der Waals surface area contributed by atoms with Crippen LogP contribution in [0.4, 0.5) is 16.5 Å². The zero-order chi connectivity index (χ0) is 16.8. The van der Waals surface area contributed by atoms with Crippen LogP contribution in [0.1, 0.15) is 0 Å². The first-order valence-electron chi connectivity index (χ1n) is 7.03. The van der Waals surface area contributed by atoms with Gasteiger partial charge in [0.05, 0.1) is 5.75 Å². The Morgan fingerprint density at radius 2 is 1.79 bits per heavy atom. The predicted molar refractivity (Wildman–Crippen MR) is 108 cm³/mol. The van der Waals surface area contributed by atoms with E-state index in [1.54, 1.807) is 0 Å². The van der Waals surface area contributed by atoms with Gasteiger partial charge in [-0.15, -0.1) is 10.2 Å². The third kappa shape index (κ3) is 5.18. The Hall–Kier alpha value is -1.65. The molecule has 1 aromatic heterocycles. The van der Waals surface area contributed by atoms with Crippen molar-refractivity contribution in [2.24, 2.45) is 0 Å². The second-order valence-electron chi connectivity index (χ2n) is 4.71. The zero-order valence-electron chi connectivity index (χ0n) is 12.4. The lowest BCUT2D eigenvalue weighted by atomic mass is 10.3. The Balaban J connectivity index is 1.50. The molecule has 0 aliphatic carbocycles. The van der Waals surface area contributed by atoms with Crippen molar-refractivity contribution in [3.8, 4) is 0 Å². The summed E-state index contributed by atoms with van der Waals surface area (Å²) in [7, 11) is 0. The van der Waals surface area contributed by atoms with E-state index in [1.165, 1.54) is 23.1 Å². The van der Waals surface area contributed by atoms with E-state index in [0.29, 0.717) is 10.9 Å². The Kier molecular flexibility index (Phi) is 6.05. The van der Waals surface area contributed by atoms with Gasteiger partial charge in [0.2, 0.25) is 11.0 Å². The first-order chi connectivity index (χ1) is 11.7. The van der Waals surface area contributed by atoms with Gasteiger partial charge in [-0.1, -0.05) is 41.3 Å². The van der Waals surface area contributed by atoms with E-state index < -0.39 is 0 Å². The zero-order valence-corrected chi connectivity index (χ0v) is 16.2. The Morgan fingerprint density at radius 3 is 2.54 bits per heavy atom. The van der Waals surface area contributed by atoms with Crippen LogP contribution in [0.5, 0.6) is 0 Å². The fourth-order valence-electron chi connectivity index (χ4n) is 1.82. The van der Waals surface area contributed by atoms with Crippen molar-refractivity contribution in [2.75, 3.05) is 16.4 Å². The largest absolute Gasteiger partial charge is 0.330 e. The molecule has 2 N–H and O–H groups in total. The summed E-state index contributed by atoms with van der Waals surface area (Å²) in [6.45, 7) is 0. The topological polar surface area (TPSA) is 66.9 Å². The molecule has 5 nitrogen and oxygen atoms in total. The van der Waals surface area contributed by atoms with Gasteiger partial charge >= 0.3 is 0 Å². The molecule has 1 amide bonds. The molecule has 0 saturated heterocycles. The Labute approximate surface area is 161 Å². The van der Waals surface area contributed by atoms with Crippen molar-refractivity contribution in [3.63, 3.8) is 0 Å². The van der Waals surface area contributed by atoms with Gasteiger partial charge in [-0.05, 0) is 59.0 Å². The fraction of sp³-hybridized carbons (Fsp3) is 0.0625. The molecule has 1 heterocycles. The number of hydrogen-bond acceptors (Lipinski definition) is 6. The lowest BCUT2D eigenvalue weighted by Gasteiger charge is -2.03. The van der Waals surface area contributed by atoms with Crippen molar-refractivity contribution in [1.29, 1.82) is 0 Å². The highest BCUT2D eigenvalue weighted by atomic mass is 127. The molecule has 3 rings (SSSR count). The van der Waals surface area contributed by atoms with Crippen LogP contribution >= 0.6 is 45.7 Å². The minimum absolute atomic E-state index is 0.0611. The van der Waals surface area contributed by atoms with Crippen LogP contribution in [0.2, 0.25) is 0 Å². The van der Waals surface area contributed by atoms with Gasteiger partial charge in [-0.25, -0.2) is 0 Å². The fourth-order valence-corrected chi connectivity index (χ4v) is 3.75. The van der Waals surface area contributed by atoms with E-state index >= 15 is 0 Å². The van der Waals surface area contributed by atoms with Crippen molar-refractivity contribution in [3.05, 3.63) is 58.2 Å². The number of nitrogens with zero attached hydrogens (tertiary/aromatic N) is 2. The normalized spacial score (nSPS) is 10.4. The average molecular weight is 468 g/mol. The standard InChI is InChI=1S/C16H13IN4OS2/c17-11-6-8-13(9-7-11)18-14(22)10-23-16-21-20-15(24-16)19-12-4-2-1-3-5-12/h1-9H,10H2,(H,18,22)(H,19,20). The first kappa shape index (κ1) is 17.2. The van der Waals surface area contributed by atoms with Crippen molar-refractivity contribution >= 4 is 68.1 Å². The highest BCUT2D eigenvalue weighted by Gasteiger charge is 2.08. The quantitative estimate of drug-likeness (QED) is 0.409. The molecule has 0 saturated carbocycles. The number of halogens is 1. The third-order valence-electron chi connectivity index (χ3n) is 2.89. The van der Waals surface area contributed by atoms with E-state index in [-0.39, 0.29) is 5.91 Å². The number of benzene rings is 2. The van der Waals surface area contributed by atoms with Gasteiger partial charge in [0.25, 0.3) is 0 Å². The number of aromatic nitrogens is 2. The van der Waals surface area contributed by atoms with Crippen LogP contribution < -0.4 is 10.6 Å². The molecule has 3 aromatic rings. The molecule has 24 heavy (non-hydrogen) atoms. The number of hydrogen-bond donors (Lipinski definition) is 2. The maximum absolute atomic E-state index is 12.0. The molecular weight excluding hydrogens is 455 g/mol. The van der Waals surface area contributed by atoms with E-state index in [1.807, 2.05) is 54.6 Å². The molecule has 2 aromatic carbocycles. The van der Waals surface area contributed by atoms with E-state index in [9.17, 15) is 4.79 Å². The molecule has 8 heteroatoms. The maximum Gasteiger partial charge on any atom is 0.234 e. The van der Waals surface area contributed by atoms with Crippen LogP contribution in [0, 0.1) is 3.57 Å². The third-order valence-corrected chi connectivity index (χ3v) is 5.58. The molecule has 0 aliphatic rings. The van der Waals surface area contributed by atoms with E-state index in [4.69, 9.17) is 0 Å². The van der Waals surface area contributed by atoms with Crippen LogP contribution in [-0.4, -0.2) is 21.9 Å². The summed E-state index contributed by atoms with van der Waals surface area (Å²) in [6, 6.07) is 17.5. The van der Waals surface area contributed by atoms with Gasteiger partial charge in [-0.3, -0.25) is 4.79 Å². The number of carbonyl (C=O) groups is 1. The molecule has 0 spiro atoms. The molecule has 0 unspecified atom stereocenters. The van der Waals surface area contributed by atoms with Gasteiger partial charge in [0.15, 0.2) is 4.34 Å². The number of amides is 1. The minimum atomic E-state index is -0.0611. The van der Waals surface area contributed by atoms with Crippen molar-refractivity contribution in [2.45, 2.75) is 4.34 Å². The highest BCUT2D eigenvalue weighted by molar-refractivity contribution is 14.1. The number of rotatable bonds is 6. The molecule has 122 valence electrons. The highest BCUT2D eigenvalue weighted by Crippen LogP contribution is 2.27. The number of thioether (sulfide) groups is 1. The Bertz CT molecular complexity index is 808. The summed E-state index contributed by atoms with van der Waals surface area (Å²) < 4.78 is 1.89. The smallest absolute Gasteiger partial charge is 0.234 e. The van der Waals surface area contributed by atoms with Crippen LogP contribution in [0.25, 0.3) is 0 Å². The molecular formula is C16H13IN4OS2. The minimum Gasteiger partial charge on any atom is -0.330 e. The second kappa shape index (κ2) is 8.45. The van der Waals surface area contributed by atoms with Gasteiger partial charge in [-0.2, -0.15) is 0 Å². The van der Waals surface area contributed by atoms with Gasteiger partial charge < -0.3 is 10.6 Å². The van der Waals surface area contributed by atoms with Gasteiger partial charge in [0, 0.05) is 14.9 Å². The lowest BCUT2D eigenvalue weighted by Crippen LogP contribution is -2.13. The monoisotopic (exact) mass is 468 g/mol. The molecule has 0 bridgehead atoms. The van der Waals surface area contributed by atoms with Gasteiger partial charge in [0.1, 0.15) is 0 Å². The number of carbonyl (C=O) groups excluding carboxylic acids is 1. The summed E-state index contributed by atoms with van der Waals surface area (Å²) in [4.78, 5) is 12.0. The number of anilines is 3. The van der Waals surface area contributed by atoms with Crippen molar-refractivity contribution < 1.29 is 4.79 Å². The summed E-state index contributed by atoms with van der Waals surface area (Å²) in [5.74, 6) is 0.236. The summed E-state index contributed by atoms with van der Waals surface area (Å²) in [5, 5.41) is 14.9. The summed E-state index contributed by atoms with van der Waals surface area (Å²) >= 11 is 5.03. The van der Waals surface area contributed by atoms with Crippen LogP contribution in [-0.2, 0) is 4.79 Å². The van der Waals surface area contributed by atoms with Crippen LogP contribution in [0.3, 0.4) is 0 Å². The van der Waals surface area contributed by atoms with E-state index in [2.05, 4.69) is 43.4 Å². The number of nitrogens with one attached hydrogen (secondary N) is 2. The molecule has 0 atom stereocenters. The summed E-state index contributed by atoms with van der Waals surface area (Å²) in [6.07, 6.45) is 0. The molecule has 0 aliphatic heterocycles. The SMILES string of the molecule is O=C(CSc1nnc(Nc2ccccc2)s1)Nc1ccc(I)cc1. The Morgan fingerprint density at radius 1 is 1.04 bits per heavy atom. The first-order valence-corrected chi connectivity index (χ1v) is 9.91. The molecule has 0 radical (unpaired) electrons. The van der Waals surface area contributed by atoms with Crippen LogP contribution in [0.15, 0.2) is 58.9 Å². The predicted octanol–water partition coefficient (Wildman–Crippen LogP) is 4.62. The lowest BCUT2D eigenvalue weighted by molar-refractivity contribution is -0.113. The van der Waals surface area contributed by atoms with E-state index in [0.717, 1.165) is 19.3 Å². The second-order valence-corrected chi connectivity index (χ2v) is 8.15. The summed E-state index contributed by atoms with van der Waals surface area (Å²) in [5.41, 5.74) is 1.76. The van der Waals surface area contributed by atoms with Crippen molar-refractivity contribution in [1.82, 2.24) is 10.2 Å².